The molecule has 1 fully saturated rings. The Labute approximate surface area is 194 Å². The lowest BCUT2D eigenvalue weighted by Gasteiger charge is -2.44. The summed E-state index contributed by atoms with van der Waals surface area (Å²) in [5.41, 5.74) is 4.97. The van der Waals surface area contributed by atoms with Gasteiger partial charge in [0.2, 0.25) is 0 Å². The molecular formula is C27H32N2O4. The van der Waals surface area contributed by atoms with Gasteiger partial charge in [-0.15, -0.1) is 0 Å². The highest BCUT2D eigenvalue weighted by molar-refractivity contribution is 5.90. The summed E-state index contributed by atoms with van der Waals surface area (Å²) in [5.74, 6) is -1.18. The first kappa shape index (κ1) is 23.2. The van der Waals surface area contributed by atoms with Gasteiger partial charge < -0.3 is 5.11 Å². The minimum absolute atomic E-state index is 0.0229. The van der Waals surface area contributed by atoms with Crippen LogP contribution in [-0.2, 0) is 29.0 Å². The van der Waals surface area contributed by atoms with Crippen molar-refractivity contribution in [2.45, 2.75) is 57.0 Å². The van der Waals surface area contributed by atoms with E-state index in [1.807, 2.05) is 36.4 Å². The molecule has 6 heteroatoms. The predicted molar refractivity (Wildman–Crippen MR) is 127 cm³/mol. The molecule has 2 aromatic carbocycles. The van der Waals surface area contributed by atoms with Crippen LogP contribution in [-0.4, -0.2) is 27.7 Å². The molecule has 0 unspecified atom stereocenters. The molecule has 33 heavy (non-hydrogen) atoms. The molecule has 0 saturated heterocycles. The van der Waals surface area contributed by atoms with Crippen molar-refractivity contribution in [3.63, 3.8) is 0 Å². The number of amides is 1. The van der Waals surface area contributed by atoms with Crippen LogP contribution in [0, 0.1) is 11.8 Å². The largest absolute Gasteiger partial charge is 0.480 e. The van der Waals surface area contributed by atoms with Gasteiger partial charge in [-0.2, -0.15) is 0 Å². The zero-order valence-corrected chi connectivity index (χ0v) is 18.8. The van der Waals surface area contributed by atoms with E-state index >= 15 is 0 Å². The van der Waals surface area contributed by atoms with Gasteiger partial charge in [-0.1, -0.05) is 67.8 Å². The number of aliphatic carboxylic acids is 1. The minimum atomic E-state index is -0.961. The summed E-state index contributed by atoms with van der Waals surface area (Å²) >= 11 is 0. The van der Waals surface area contributed by atoms with Crippen LogP contribution in [0.3, 0.4) is 0 Å². The lowest BCUT2D eigenvalue weighted by molar-refractivity contribution is -0.152. The molecule has 2 aromatic rings. The number of carbonyl (C=O) groups excluding carboxylic acids is 1. The topological polar surface area (TPSA) is 98.7 Å². The maximum Gasteiger partial charge on any atom is 0.324 e. The summed E-state index contributed by atoms with van der Waals surface area (Å²) in [6.07, 6.45) is 9.70. The van der Waals surface area contributed by atoms with Gasteiger partial charge in [0.25, 0.3) is 5.91 Å². The fraction of sp³-hybridized carbons (Fsp3) is 0.407. The number of fused-ring (bicyclic) bond motifs is 1. The van der Waals surface area contributed by atoms with Crippen molar-refractivity contribution in [2.24, 2.45) is 11.8 Å². The van der Waals surface area contributed by atoms with E-state index in [1.54, 1.807) is 11.6 Å². The van der Waals surface area contributed by atoms with Gasteiger partial charge in [0.1, 0.15) is 5.54 Å². The van der Waals surface area contributed by atoms with E-state index in [-0.39, 0.29) is 11.8 Å². The molecule has 2 aliphatic carbocycles. The molecule has 4 rings (SSSR count). The molecule has 1 amide bonds. The average Bonchev–Trinajstić information content (AvgIpc) is 3.28. The molecule has 0 aromatic heterocycles. The minimum Gasteiger partial charge on any atom is -0.480 e. The van der Waals surface area contributed by atoms with E-state index in [0.29, 0.717) is 6.54 Å². The number of carboxylic acid groups (broad SMARTS) is 1. The lowest BCUT2D eigenvalue weighted by atomic mass is 9.67. The van der Waals surface area contributed by atoms with Crippen molar-refractivity contribution >= 4 is 18.0 Å². The Hall–Kier alpha value is -2.96. The van der Waals surface area contributed by atoms with Gasteiger partial charge in [0, 0.05) is 12.6 Å². The second-order valence-corrected chi connectivity index (χ2v) is 9.29. The fourth-order valence-corrected chi connectivity index (χ4v) is 5.69. The predicted octanol–water partition coefficient (Wildman–Crippen LogP) is 4.11. The normalized spacial score (nSPS) is 18.7. The van der Waals surface area contributed by atoms with E-state index in [4.69, 9.17) is 5.21 Å². The Bertz CT molecular complexity index is 986. The van der Waals surface area contributed by atoms with Crippen molar-refractivity contribution < 1.29 is 19.9 Å². The Morgan fingerprint density at radius 1 is 0.939 bits per heavy atom. The van der Waals surface area contributed by atoms with E-state index < -0.39 is 17.4 Å². The van der Waals surface area contributed by atoms with Crippen LogP contribution in [0.1, 0.15) is 54.4 Å². The van der Waals surface area contributed by atoms with Crippen LogP contribution < -0.4 is 10.8 Å². The maximum atomic E-state index is 13.0. The molecule has 6 nitrogen and oxygen atoms in total. The molecule has 1 saturated carbocycles. The van der Waals surface area contributed by atoms with Gasteiger partial charge in [-0.05, 0) is 65.8 Å². The number of hydrogen-bond donors (Lipinski definition) is 4. The maximum absolute atomic E-state index is 13.0. The third kappa shape index (κ3) is 5.02. The summed E-state index contributed by atoms with van der Waals surface area (Å²) < 4.78 is 0. The quantitative estimate of drug-likeness (QED) is 0.277. The molecule has 0 bridgehead atoms. The molecule has 174 valence electrons. The van der Waals surface area contributed by atoms with Gasteiger partial charge in [-0.3, -0.25) is 20.1 Å². The SMILES string of the molecule is O=C(C=Cc1ccc(CN[C@@](C(=O)O)(C2CCCCC2)C2Cc3ccccc3C2)cc1)NO. The van der Waals surface area contributed by atoms with Crippen molar-refractivity contribution in [3.05, 3.63) is 76.9 Å². The van der Waals surface area contributed by atoms with Crippen LogP contribution in [0.2, 0.25) is 0 Å². The fourth-order valence-electron chi connectivity index (χ4n) is 5.69. The monoisotopic (exact) mass is 448 g/mol. The Morgan fingerprint density at radius 2 is 1.58 bits per heavy atom. The third-order valence-corrected chi connectivity index (χ3v) is 7.40. The van der Waals surface area contributed by atoms with E-state index in [0.717, 1.165) is 49.7 Å². The van der Waals surface area contributed by atoms with Crippen molar-refractivity contribution in [3.8, 4) is 0 Å². The van der Waals surface area contributed by atoms with Crippen LogP contribution in [0.5, 0.6) is 0 Å². The van der Waals surface area contributed by atoms with E-state index in [1.165, 1.54) is 23.6 Å². The molecule has 0 spiro atoms. The van der Waals surface area contributed by atoms with Gasteiger partial charge in [-0.25, -0.2) is 5.48 Å². The van der Waals surface area contributed by atoms with E-state index in [9.17, 15) is 14.7 Å². The average molecular weight is 449 g/mol. The zero-order valence-electron chi connectivity index (χ0n) is 18.8. The first-order valence-corrected chi connectivity index (χ1v) is 11.8. The summed E-state index contributed by atoms with van der Waals surface area (Å²) in [4.78, 5) is 24.2. The number of hydrogen-bond acceptors (Lipinski definition) is 4. The molecular weight excluding hydrogens is 416 g/mol. The highest BCUT2D eigenvalue weighted by Gasteiger charge is 2.52. The summed E-state index contributed by atoms with van der Waals surface area (Å²) in [6, 6.07) is 16.0. The molecule has 0 heterocycles. The highest BCUT2D eigenvalue weighted by atomic mass is 16.5. The van der Waals surface area contributed by atoms with Crippen LogP contribution in [0.15, 0.2) is 54.6 Å². The van der Waals surface area contributed by atoms with E-state index in [2.05, 4.69) is 17.4 Å². The Kier molecular flexibility index (Phi) is 7.26. The number of hydroxylamine groups is 1. The van der Waals surface area contributed by atoms with Crippen LogP contribution in [0.25, 0.3) is 6.08 Å². The zero-order chi connectivity index (χ0) is 23.3. The standard InChI is InChI=1S/C27H32N2O4/c30-25(29-33)15-14-19-10-12-20(13-11-19)18-28-27(26(31)32,23-8-2-1-3-9-23)24-16-21-6-4-5-7-22(21)17-24/h4-7,10-15,23-24,28,33H,1-3,8-9,16-18H2,(H,29,30)(H,31,32)/t27-/m0/s1. The summed E-state index contributed by atoms with van der Waals surface area (Å²) in [6.45, 7) is 0.469. The lowest BCUT2D eigenvalue weighted by Crippen LogP contribution is -2.62. The van der Waals surface area contributed by atoms with Gasteiger partial charge in [0.05, 0.1) is 0 Å². The Balaban J connectivity index is 1.56. The highest BCUT2D eigenvalue weighted by Crippen LogP contribution is 2.43. The number of benzene rings is 2. The van der Waals surface area contributed by atoms with Crippen molar-refractivity contribution in [1.82, 2.24) is 10.8 Å². The first-order valence-electron chi connectivity index (χ1n) is 11.8. The molecule has 2 aliphatic rings. The van der Waals surface area contributed by atoms with Gasteiger partial charge >= 0.3 is 5.97 Å². The summed E-state index contributed by atoms with van der Waals surface area (Å²) in [5, 5.41) is 22.8. The second kappa shape index (κ2) is 10.3. The second-order valence-electron chi connectivity index (χ2n) is 9.29. The Morgan fingerprint density at radius 3 is 2.15 bits per heavy atom. The van der Waals surface area contributed by atoms with Crippen molar-refractivity contribution in [2.75, 3.05) is 0 Å². The molecule has 0 radical (unpaired) electrons. The number of carboxylic acids is 1. The van der Waals surface area contributed by atoms with Crippen LogP contribution >= 0.6 is 0 Å². The first-order chi connectivity index (χ1) is 16.0. The van der Waals surface area contributed by atoms with Crippen LogP contribution in [0.4, 0.5) is 0 Å². The molecule has 4 N–H and O–H groups in total. The molecule has 0 aliphatic heterocycles. The molecule has 1 atom stereocenters. The number of nitrogens with one attached hydrogen (secondary N) is 2. The number of rotatable bonds is 8. The van der Waals surface area contributed by atoms with Gasteiger partial charge in [0.15, 0.2) is 0 Å². The third-order valence-electron chi connectivity index (χ3n) is 7.40. The smallest absolute Gasteiger partial charge is 0.324 e. The summed E-state index contributed by atoms with van der Waals surface area (Å²) in [7, 11) is 0. The van der Waals surface area contributed by atoms with Crippen molar-refractivity contribution in [1.29, 1.82) is 0 Å². The number of carbonyl (C=O) groups is 2.